The zero-order valence-corrected chi connectivity index (χ0v) is 19.0. The quantitative estimate of drug-likeness (QED) is 0.581. The maximum absolute atomic E-state index is 12.7. The molecule has 4 rings (SSSR count). The van der Waals surface area contributed by atoms with Gasteiger partial charge < -0.3 is 19.0 Å². The number of furan rings is 1. The summed E-state index contributed by atoms with van der Waals surface area (Å²) in [6.07, 6.45) is 3.10. The first-order valence-electron chi connectivity index (χ1n) is 11.1. The van der Waals surface area contributed by atoms with E-state index in [1.54, 1.807) is 19.2 Å². The molecular weight excluding hydrogens is 406 g/mol. The van der Waals surface area contributed by atoms with E-state index < -0.39 is 0 Å². The number of nitrogens with zero attached hydrogens (tertiary/aromatic N) is 4. The van der Waals surface area contributed by atoms with Crippen LogP contribution in [0.15, 0.2) is 47.1 Å². The molecule has 1 aliphatic heterocycles. The Morgan fingerprint density at radius 2 is 2.06 bits per heavy atom. The third-order valence-electron chi connectivity index (χ3n) is 5.76. The Balaban J connectivity index is 1.48. The number of aromatic nitrogens is 3. The van der Waals surface area contributed by atoms with Crippen LogP contribution in [-0.4, -0.2) is 45.8 Å². The SMILES string of the molecule is COc1cccc(CN2CCc3nnc([C@H](CC(C)C)NC(=O)c4ccco4)n3CC2)c1. The van der Waals surface area contributed by atoms with Crippen molar-refractivity contribution in [3.8, 4) is 5.75 Å². The Bertz CT molecular complexity index is 1030. The summed E-state index contributed by atoms with van der Waals surface area (Å²) in [5, 5.41) is 12.1. The minimum Gasteiger partial charge on any atom is -0.497 e. The smallest absolute Gasteiger partial charge is 0.287 e. The van der Waals surface area contributed by atoms with Gasteiger partial charge in [-0.3, -0.25) is 9.69 Å². The first-order valence-corrected chi connectivity index (χ1v) is 11.1. The summed E-state index contributed by atoms with van der Waals surface area (Å²) in [7, 11) is 1.69. The van der Waals surface area contributed by atoms with Gasteiger partial charge in [-0.05, 0) is 42.2 Å². The highest BCUT2D eigenvalue weighted by Crippen LogP contribution is 2.23. The number of nitrogens with one attached hydrogen (secondary N) is 1. The molecule has 1 aromatic carbocycles. The lowest BCUT2D eigenvalue weighted by Gasteiger charge is -2.22. The van der Waals surface area contributed by atoms with Crippen LogP contribution in [0.2, 0.25) is 0 Å². The molecule has 1 atom stereocenters. The molecule has 2 aromatic heterocycles. The van der Waals surface area contributed by atoms with Crippen LogP contribution in [0, 0.1) is 5.92 Å². The Morgan fingerprint density at radius 3 is 2.81 bits per heavy atom. The summed E-state index contributed by atoms with van der Waals surface area (Å²) in [5.41, 5.74) is 1.23. The molecule has 8 nitrogen and oxygen atoms in total. The number of hydrogen-bond donors (Lipinski definition) is 1. The molecule has 3 aromatic rings. The van der Waals surface area contributed by atoms with Crippen molar-refractivity contribution in [3.05, 3.63) is 65.6 Å². The zero-order chi connectivity index (χ0) is 22.5. The van der Waals surface area contributed by atoms with Crippen molar-refractivity contribution in [1.29, 1.82) is 0 Å². The Morgan fingerprint density at radius 1 is 1.19 bits per heavy atom. The fraction of sp³-hybridized carbons (Fsp3) is 0.458. The summed E-state index contributed by atoms with van der Waals surface area (Å²) in [4.78, 5) is 15.1. The normalized spacial score (nSPS) is 15.2. The van der Waals surface area contributed by atoms with E-state index in [0.717, 1.165) is 56.4 Å². The predicted octanol–water partition coefficient (Wildman–Crippen LogP) is 3.46. The third-order valence-corrected chi connectivity index (χ3v) is 5.76. The molecule has 1 N–H and O–H groups in total. The lowest BCUT2D eigenvalue weighted by Crippen LogP contribution is -2.32. The van der Waals surface area contributed by atoms with Crippen molar-refractivity contribution >= 4 is 5.91 Å². The van der Waals surface area contributed by atoms with E-state index >= 15 is 0 Å². The fourth-order valence-corrected chi connectivity index (χ4v) is 4.17. The maximum Gasteiger partial charge on any atom is 0.287 e. The van der Waals surface area contributed by atoms with Crippen LogP contribution < -0.4 is 10.1 Å². The Hall–Kier alpha value is -3.13. The van der Waals surface area contributed by atoms with Gasteiger partial charge in [0, 0.05) is 32.6 Å². The lowest BCUT2D eigenvalue weighted by atomic mass is 10.0. The molecule has 32 heavy (non-hydrogen) atoms. The molecule has 0 radical (unpaired) electrons. The molecule has 0 spiro atoms. The second-order valence-corrected chi connectivity index (χ2v) is 8.64. The summed E-state index contributed by atoms with van der Waals surface area (Å²) in [6.45, 7) is 7.71. The van der Waals surface area contributed by atoms with E-state index in [9.17, 15) is 4.79 Å². The van der Waals surface area contributed by atoms with Crippen LogP contribution in [0.4, 0.5) is 0 Å². The van der Waals surface area contributed by atoms with Gasteiger partial charge in [0.2, 0.25) is 0 Å². The van der Waals surface area contributed by atoms with Crippen LogP contribution >= 0.6 is 0 Å². The largest absolute Gasteiger partial charge is 0.497 e. The second-order valence-electron chi connectivity index (χ2n) is 8.64. The molecule has 0 saturated carbocycles. The van der Waals surface area contributed by atoms with E-state index in [4.69, 9.17) is 9.15 Å². The van der Waals surface area contributed by atoms with E-state index in [0.29, 0.717) is 11.7 Å². The van der Waals surface area contributed by atoms with Gasteiger partial charge >= 0.3 is 0 Å². The van der Waals surface area contributed by atoms with Crippen LogP contribution in [0.25, 0.3) is 0 Å². The van der Waals surface area contributed by atoms with Crippen molar-refractivity contribution < 1.29 is 13.9 Å². The molecule has 170 valence electrons. The van der Waals surface area contributed by atoms with Crippen LogP contribution in [0.3, 0.4) is 0 Å². The van der Waals surface area contributed by atoms with Crippen LogP contribution in [-0.2, 0) is 19.5 Å². The number of hydrogen-bond acceptors (Lipinski definition) is 6. The van der Waals surface area contributed by atoms with Crippen molar-refractivity contribution in [2.45, 2.75) is 45.8 Å². The Kier molecular flexibility index (Phi) is 6.90. The summed E-state index contributed by atoms with van der Waals surface area (Å²) < 4.78 is 12.8. The van der Waals surface area contributed by atoms with Crippen molar-refractivity contribution in [2.75, 3.05) is 20.2 Å². The average Bonchev–Trinajstić information content (AvgIpc) is 3.41. The van der Waals surface area contributed by atoms with Gasteiger partial charge in [-0.2, -0.15) is 0 Å². The van der Waals surface area contributed by atoms with Crippen molar-refractivity contribution in [1.82, 2.24) is 25.0 Å². The van der Waals surface area contributed by atoms with E-state index in [1.165, 1.54) is 11.8 Å². The first kappa shape index (κ1) is 22.1. The highest BCUT2D eigenvalue weighted by Gasteiger charge is 2.27. The van der Waals surface area contributed by atoms with Gasteiger partial charge in [-0.25, -0.2) is 0 Å². The lowest BCUT2D eigenvalue weighted by molar-refractivity contribution is 0.0900. The summed E-state index contributed by atoms with van der Waals surface area (Å²) >= 11 is 0. The molecule has 0 bridgehead atoms. The van der Waals surface area contributed by atoms with Gasteiger partial charge in [0.15, 0.2) is 11.6 Å². The average molecular weight is 438 g/mol. The third kappa shape index (κ3) is 5.19. The van der Waals surface area contributed by atoms with Crippen LogP contribution in [0.1, 0.15) is 54.1 Å². The standard InChI is InChI=1S/C24H31N5O3/c1-17(2)14-20(25-24(30)21-8-5-13-32-21)23-27-26-22-9-10-28(11-12-29(22)23)16-18-6-4-7-19(15-18)31-3/h4-8,13,15,17,20H,9-12,14,16H2,1-3H3,(H,25,30)/t20-/m0/s1. The molecule has 0 saturated heterocycles. The van der Waals surface area contributed by atoms with E-state index in [2.05, 4.69) is 51.0 Å². The minimum absolute atomic E-state index is 0.223. The highest BCUT2D eigenvalue weighted by molar-refractivity contribution is 5.91. The van der Waals surface area contributed by atoms with Crippen molar-refractivity contribution in [3.63, 3.8) is 0 Å². The highest BCUT2D eigenvalue weighted by atomic mass is 16.5. The number of benzene rings is 1. The molecule has 1 aliphatic rings. The summed E-state index contributed by atoms with van der Waals surface area (Å²) in [5.74, 6) is 3.12. The zero-order valence-electron chi connectivity index (χ0n) is 19.0. The van der Waals surface area contributed by atoms with E-state index in [1.807, 2.05) is 12.1 Å². The maximum atomic E-state index is 12.7. The van der Waals surface area contributed by atoms with Gasteiger partial charge in [0.1, 0.15) is 11.6 Å². The van der Waals surface area contributed by atoms with Gasteiger partial charge in [0.05, 0.1) is 19.4 Å². The van der Waals surface area contributed by atoms with E-state index in [-0.39, 0.29) is 11.9 Å². The number of amides is 1. The molecule has 8 heteroatoms. The minimum atomic E-state index is -0.230. The molecular formula is C24H31N5O3. The molecule has 0 unspecified atom stereocenters. The van der Waals surface area contributed by atoms with Crippen molar-refractivity contribution in [2.24, 2.45) is 5.92 Å². The monoisotopic (exact) mass is 437 g/mol. The molecule has 0 aliphatic carbocycles. The number of methoxy groups -OCH3 is 1. The number of carbonyl (C=O) groups excluding carboxylic acids is 1. The van der Waals surface area contributed by atoms with Gasteiger partial charge in [-0.1, -0.05) is 26.0 Å². The number of rotatable bonds is 8. The summed E-state index contributed by atoms with van der Waals surface area (Å²) in [6, 6.07) is 11.4. The second kappa shape index (κ2) is 9.99. The molecule has 1 amide bonds. The predicted molar refractivity (Wildman–Crippen MR) is 120 cm³/mol. The number of ether oxygens (including phenoxy) is 1. The van der Waals surface area contributed by atoms with Gasteiger partial charge in [-0.15, -0.1) is 10.2 Å². The number of carbonyl (C=O) groups is 1. The molecule has 0 fully saturated rings. The Labute approximate surface area is 188 Å². The fourth-order valence-electron chi connectivity index (χ4n) is 4.17. The van der Waals surface area contributed by atoms with Gasteiger partial charge in [0.25, 0.3) is 5.91 Å². The molecule has 3 heterocycles. The van der Waals surface area contributed by atoms with Crippen LogP contribution in [0.5, 0.6) is 5.75 Å². The first-order chi connectivity index (χ1) is 15.5. The topological polar surface area (TPSA) is 85.4 Å². The number of fused-ring (bicyclic) bond motifs is 1.